The molecule has 0 atom stereocenters. The SMILES string of the molecule is O=C(CCc1ccc2c(c1)OCCO2)Nc1ccc(F)cc1. The maximum Gasteiger partial charge on any atom is 0.224 e. The van der Waals surface area contributed by atoms with E-state index in [1.807, 2.05) is 18.2 Å². The van der Waals surface area contributed by atoms with Gasteiger partial charge in [-0.1, -0.05) is 6.07 Å². The molecule has 1 N–H and O–H groups in total. The molecule has 0 saturated carbocycles. The Kier molecular flexibility index (Phi) is 4.23. The fraction of sp³-hybridized carbons (Fsp3) is 0.235. The third kappa shape index (κ3) is 3.55. The van der Waals surface area contributed by atoms with Crippen LogP contribution in [-0.2, 0) is 11.2 Å². The summed E-state index contributed by atoms with van der Waals surface area (Å²) < 4.78 is 23.8. The molecule has 0 radical (unpaired) electrons. The van der Waals surface area contributed by atoms with Gasteiger partial charge in [0, 0.05) is 12.1 Å². The quantitative estimate of drug-likeness (QED) is 0.943. The molecule has 1 aliphatic heterocycles. The smallest absolute Gasteiger partial charge is 0.224 e. The van der Waals surface area contributed by atoms with Gasteiger partial charge in [-0.2, -0.15) is 0 Å². The molecule has 114 valence electrons. The fourth-order valence-corrected chi connectivity index (χ4v) is 2.26. The molecule has 0 unspecified atom stereocenters. The van der Waals surface area contributed by atoms with Crippen LogP contribution in [0.3, 0.4) is 0 Å². The molecule has 0 fully saturated rings. The summed E-state index contributed by atoms with van der Waals surface area (Å²) in [6, 6.07) is 11.4. The Hall–Kier alpha value is -2.56. The van der Waals surface area contributed by atoms with Gasteiger partial charge in [-0.3, -0.25) is 4.79 Å². The normalized spacial score (nSPS) is 12.8. The highest BCUT2D eigenvalue weighted by Gasteiger charge is 2.12. The van der Waals surface area contributed by atoms with Gasteiger partial charge in [0.15, 0.2) is 11.5 Å². The Morgan fingerprint density at radius 3 is 2.55 bits per heavy atom. The highest BCUT2D eigenvalue weighted by molar-refractivity contribution is 5.90. The van der Waals surface area contributed by atoms with Crippen molar-refractivity contribution in [3.63, 3.8) is 0 Å². The summed E-state index contributed by atoms with van der Waals surface area (Å²) in [4.78, 5) is 11.9. The van der Waals surface area contributed by atoms with Crippen molar-refractivity contribution in [2.75, 3.05) is 18.5 Å². The van der Waals surface area contributed by atoms with Crippen LogP contribution in [0.4, 0.5) is 10.1 Å². The molecule has 5 heteroatoms. The molecule has 4 nitrogen and oxygen atoms in total. The number of anilines is 1. The van der Waals surface area contributed by atoms with E-state index in [0.29, 0.717) is 31.7 Å². The summed E-state index contributed by atoms with van der Waals surface area (Å²) in [5, 5.41) is 2.74. The number of carbonyl (C=O) groups is 1. The van der Waals surface area contributed by atoms with Crippen molar-refractivity contribution >= 4 is 11.6 Å². The topological polar surface area (TPSA) is 47.6 Å². The molecule has 3 rings (SSSR count). The Morgan fingerprint density at radius 1 is 1.05 bits per heavy atom. The molecular formula is C17H16FNO3. The summed E-state index contributed by atoms with van der Waals surface area (Å²) in [6.07, 6.45) is 0.945. The van der Waals surface area contributed by atoms with Crippen LogP contribution in [-0.4, -0.2) is 19.1 Å². The molecule has 0 aromatic heterocycles. The number of nitrogens with one attached hydrogen (secondary N) is 1. The predicted octanol–water partition coefficient (Wildman–Crippen LogP) is 3.17. The molecular weight excluding hydrogens is 285 g/mol. The first-order valence-corrected chi connectivity index (χ1v) is 7.15. The van der Waals surface area contributed by atoms with E-state index < -0.39 is 0 Å². The van der Waals surface area contributed by atoms with Crippen molar-refractivity contribution in [1.82, 2.24) is 0 Å². The van der Waals surface area contributed by atoms with E-state index in [-0.39, 0.29) is 11.7 Å². The Balaban J connectivity index is 1.55. The van der Waals surface area contributed by atoms with E-state index in [2.05, 4.69) is 5.32 Å². The van der Waals surface area contributed by atoms with Gasteiger partial charge < -0.3 is 14.8 Å². The zero-order valence-corrected chi connectivity index (χ0v) is 12.0. The number of hydrogen-bond acceptors (Lipinski definition) is 3. The average Bonchev–Trinajstić information content (AvgIpc) is 2.55. The Bertz CT molecular complexity index is 670. The maximum absolute atomic E-state index is 12.8. The minimum atomic E-state index is -0.325. The van der Waals surface area contributed by atoms with Gasteiger partial charge in [-0.15, -0.1) is 0 Å². The van der Waals surface area contributed by atoms with E-state index in [1.165, 1.54) is 24.3 Å². The van der Waals surface area contributed by atoms with Crippen molar-refractivity contribution < 1.29 is 18.7 Å². The number of hydrogen-bond donors (Lipinski definition) is 1. The monoisotopic (exact) mass is 301 g/mol. The largest absolute Gasteiger partial charge is 0.486 e. The van der Waals surface area contributed by atoms with Crippen LogP contribution in [0.1, 0.15) is 12.0 Å². The number of aryl methyl sites for hydroxylation is 1. The molecule has 1 heterocycles. The first-order valence-electron chi connectivity index (χ1n) is 7.15. The highest BCUT2D eigenvalue weighted by Crippen LogP contribution is 2.31. The summed E-state index contributed by atoms with van der Waals surface area (Å²) in [7, 11) is 0. The first kappa shape index (κ1) is 14.4. The molecule has 1 amide bonds. The third-order valence-electron chi connectivity index (χ3n) is 3.38. The van der Waals surface area contributed by atoms with E-state index in [1.54, 1.807) is 0 Å². The molecule has 0 bridgehead atoms. The second kappa shape index (κ2) is 6.47. The van der Waals surface area contributed by atoms with Gasteiger partial charge in [-0.25, -0.2) is 4.39 Å². The summed E-state index contributed by atoms with van der Waals surface area (Å²) in [6.45, 7) is 1.11. The molecule has 2 aromatic rings. The molecule has 0 spiro atoms. The van der Waals surface area contributed by atoms with E-state index in [4.69, 9.17) is 9.47 Å². The number of rotatable bonds is 4. The number of ether oxygens (including phenoxy) is 2. The summed E-state index contributed by atoms with van der Waals surface area (Å²) >= 11 is 0. The van der Waals surface area contributed by atoms with Gasteiger partial charge in [0.1, 0.15) is 19.0 Å². The van der Waals surface area contributed by atoms with Crippen LogP contribution >= 0.6 is 0 Å². The van der Waals surface area contributed by atoms with E-state index in [9.17, 15) is 9.18 Å². The zero-order chi connectivity index (χ0) is 15.4. The summed E-state index contributed by atoms with van der Waals surface area (Å²) in [5.41, 5.74) is 1.60. The number of benzene rings is 2. The lowest BCUT2D eigenvalue weighted by atomic mass is 10.1. The summed E-state index contributed by atoms with van der Waals surface area (Å²) in [5.74, 6) is 1.03. The Labute approximate surface area is 127 Å². The van der Waals surface area contributed by atoms with Crippen molar-refractivity contribution in [1.29, 1.82) is 0 Å². The minimum absolute atomic E-state index is 0.110. The zero-order valence-electron chi connectivity index (χ0n) is 12.0. The predicted molar refractivity (Wildman–Crippen MR) is 80.8 cm³/mol. The number of halogens is 1. The number of amides is 1. The fourth-order valence-electron chi connectivity index (χ4n) is 2.26. The lowest BCUT2D eigenvalue weighted by Gasteiger charge is -2.18. The highest BCUT2D eigenvalue weighted by atomic mass is 19.1. The maximum atomic E-state index is 12.8. The standard InChI is InChI=1S/C17H16FNO3/c18-13-3-5-14(6-4-13)19-17(20)8-2-12-1-7-15-16(11-12)22-10-9-21-15/h1,3-7,11H,2,8-10H2,(H,19,20). The molecule has 22 heavy (non-hydrogen) atoms. The van der Waals surface area contributed by atoms with Gasteiger partial charge in [-0.05, 0) is 48.4 Å². The molecule has 2 aromatic carbocycles. The van der Waals surface area contributed by atoms with Gasteiger partial charge >= 0.3 is 0 Å². The first-order chi connectivity index (χ1) is 10.7. The van der Waals surface area contributed by atoms with Crippen LogP contribution in [0.2, 0.25) is 0 Å². The van der Waals surface area contributed by atoms with Gasteiger partial charge in [0.25, 0.3) is 0 Å². The van der Waals surface area contributed by atoms with Crippen LogP contribution in [0, 0.1) is 5.82 Å². The van der Waals surface area contributed by atoms with Crippen LogP contribution < -0.4 is 14.8 Å². The van der Waals surface area contributed by atoms with Crippen LogP contribution in [0.25, 0.3) is 0 Å². The van der Waals surface area contributed by atoms with Crippen molar-refractivity contribution in [2.24, 2.45) is 0 Å². The second-order valence-electron chi connectivity index (χ2n) is 5.03. The van der Waals surface area contributed by atoms with Crippen LogP contribution in [0.15, 0.2) is 42.5 Å². The average molecular weight is 301 g/mol. The van der Waals surface area contributed by atoms with Gasteiger partial charge in [0.2, 0.25) is 5.91 Å². The van der Waals surface area contributed by atoms with Crippen LogP contribution in [0.5, 0.6) is 11.5 Å². The van der Waals surface area contributed by atoms with Gasteiger partial charge in [0.05, 0.1) is 0 Å². The van der Waals surface area contributed by atoms with E-state index in [0.717, 1.165) is 17.1 Å². The lowest BCUT2D eigenvalue weighted by molar-refractivity contribution is -0.116. The minimum Gasteiger partial charge on any atom is -0.486 e. The molecule has 0 aliphatic carbocycles. The van der Waals surface area contributed by atoms with E-state index >= 15 is 0 Å². The third-order valence-corrected chi connectivity index (χ3v) is 3.38. The van der Waals surface area contributed by atoms with Crippen molar-refractivity contribution in [2.45, 2.75) is 12.8 Å². The number of fused-ring (bicyclic) bond motifs is 1. The lowest BCUT2D eigenvalue weighted by Crippen LogP contribution is -2.15. The van der Waals surface area contributed by atoms with Crippen molar-refractivity contribution in [3.05, 3.63) is 53.8 Å². The number of carbonyl (C=O) groups excluding carboxylic acids is 1. The van der Waals surface area contributed by atoms with Crippen molar-refractivity contribution in [3.8, 4) is 11.5 Å². The Morgan fingerprint density at radius 2 is 1.77 bits per heavy atom. The molecule has 1 aliphatic rings. The second-order valence-corrected chi connectivity index (χ2v) is 5.03. The molecule has 0 saturated heterocycles.